The van der Waals surface area contributed by atoms with Gasteiger partial charge in [-0.2, -0.15) is 22.6 Å². The number of hydrogen-bond donors (Lipinski definition) is 1. The Morgan fingerprint density at radius 3 is 2.70 bits per heavy atom. The lowest BCUT2D eigenvalue weighted by Crippen LogP contribution is -2.41. The molecule has 23 heavy (non-hydrogen) atoms. The number of rotatable bonds is 6. The number of sulfonamides is 1. The molecule has 0 amide bonds. The maximum absolute atomic E-state index is 12.7. The summed E-state index contributed by atoms with van der Waals surface area (Å²) in [6.45, 7) is 2.17. The van der Waals surface area contributed by atoms with Crippen molar-refractivity contribution >= 4 is 22.4 Å². The molecule has 2 heterocycles. The maximum atomic E-state index is 12.7. The fraction of sp³-hybridized carbons (Fsp3) is 0.750. The van der Waals surface area contributed by atoms with E-state index in [1.807, 2.05) is 6.92 Å². The molecule has 11 heteroatoms. The lowest BCUT2D eigenvalue weighted by Gasteiger charge is -2.26. The molecule has 0 radical (unpaired) electrons. The van der Waals surface area contributed by atoms with Crippen LogP contribution in [0.5, 0.6) is 0 Å². The third-order valence-electron chi connectivity index (χ3n) is 3.44. The summed E-state index contributed by atoms with van der Waals surface area (Å²) in [5.41, 5.74) is 0. The van der Waals surface area contributed by atoms with E-state index in [0.29, 0.717) is 30.6 Å². The van der Waals surface area contributed by atoms with E-state index in [-0.39, 0.29) is 23.3 Å². The minimum atomic E-state index is -4.44. The molecule has 0 saturated carbocycles. The quantitative estimate of drug-likeness (QED) is 0.819. The molecule has 1 unspecified atom stereocenters. The van der Waals surface area contributed by atoms with Crippen molar-refractivity contribution in [1.29, 1.82) is 0 Å². The van der Waals surface area contributed by atoms with Crippen LogP contribution in [0.15, 0.2) is 17.3 Å². The molecule has 1 atom stereocenters. The molecule has 1 aliphatic heterocycles. The number of hydrogen-bond acceptors (Lipinski definition) is 4. The van der Waals surface area contributed by atoms with Gasteiger partial charge in [0.25, 0.3) is 0 Å². The van der Waals surface area contributed by atoms with E-state index < -0.39 is 22.7 Å². The van der Waals surface area contributed by atoms with Crippen molar-refractivity contribution in [3.8, 4) is 0 Å². The fourth-order valence-corrected chi connectivity index (χ4v) is 4.19. The van der Waals surface area contributed by atoms with Gasteiger partial charge in [0.15, 0.2) is 0 Å². The predicted molar refractivity (Wildman–Crippen MR) is 81.0 cm³/mol. The van der Waals surface area contributed by atoms with Gasteiger partial charge < -0.3 is 5.32 Å². The summed E-state index contributed by atoms with van der Waals surface area (Å²) in [6, 6.07) is -0.170. The first-order valence-electron chi connectivity index (χ1n) is 7.06. The minimum Gasteiger partial charge on any atom is -0.315 e. The van der Waals surface area contributed by atoms with Crippen LogP contribution < -0.4 is 5.32 Å². The molecule has 0 aromatic carbocycles. The van der Waals surface area contributed by atoms with Crippen molar-refractivity contribution in [2.45, 2.75) is 43.4 Å². The summed E-state index contributed by atoms with van der Waals surface area (Å²) in [5.74, 6) is 0. The zero-order valence-corrected chi connectivity index (χ0v) is 14.2. The molecule has 1 fully saturated rings. The number of nitrogens with one attached hydrogen (secondary N) is 1. The highest BCUT2D eigenvalue weighted by molar-refractivity contribution is 7.89. The molecule has 0 bridgehead atoms. The van der Waals surface area contributed by atoms with E-state index in [4.69, 9.17) is 0 Å². The lowest BCUT2D eigenvalue weighted by molar-refractivity contribution is -0.142. The number of alkyl halides is 3. The van der Waals surface area contributed by atoms with Gasteiger partial charge in [0, 0.05) is 25.3 Å². The third kappa shape index (κ3) is 5.07. The number of aromatic nitrogens is 2. The normalized spacial score (nSPS) is 19.1. The highest BCUT2D eigenvalue weighted by Gasteiger charge is 2.34. The standard InChI is InChI=1S/C12H19F3N4O2S.ClH/c1-2-5-19(10-3-4-16-6-10)22(20,21)11-7-17-18(8-11)9-12(13,14)15;/h7-8,10,16H,2-6,9H2,1H3;1H. The highest BCUT2D eigenvalue weighted by atomic mass is 35.5. The van der Waals surface area contributed by atoms with E-state index in [1.54, 1.807) is 0 Å². The van der Waals surface area contributed by atoms with Crippen LogP contribution >= 0.6 is 12.4 Å². The molecular formula is C12H20ClF3N4O2S. The minimum absolute atomic E-state index is 0. The van der Waals surface area contributed by atoms with Crippen molar-refractivity contribution < 1.29 is 21.6 Å². The van der Waals surface area contributed by atoms with Gasteiger partial charge in [-0.15, -0.1) is 12.4 Å². The van der Waals surface area contributed by atoms with Gasteiger partial charge in [0.05, 0.1) is 6.20 Å². The van der Waals surface area contributed by atoms with E-state index in [9.17, 15) is 21.6 Å². The molecule has 1 N–H and O–H groups in total. The zero-order valence-electron chi connectivity index (χ0n) is 12.6. The molecule has 1 aromatic rings. The Hall–Kier alpha value is -0.840. The average Bonchev–Trinajstić information content (AvgIpc) is 3.04. The Bertz CT molecular complexity index is 600. The van der Waals surface area contributed by atoms with Gasteiger partial charge in [-0.25, -0.2) is 8.42 Å². The monoisotopic (exact) mass is 376 g/mol. The lowest BCUT2D eigenvalue weighted by atomic mass is 10.2. The third-order valence-corrected chi connectivity index (χ3v) is 5.35. The van der Waals surface area contributed by atoms with Crippen molar-refractivity contribution in [3.63, 3.8) is 0 Å². The molecule has 0 aliphatic carbocycles. The van der Waals surface area contributed by atoms with Gasteiger partial charge in [0.1, 0.15) is 11.4 Å². The average molecular weight is 377 g/mol. The van der Waals surface area contributed by atoms with Crippen molar-refractivity contribution in [2.24, 2.45) is 0 Å². The Morgan fingerprint density at radius 1 is 1.48 bits per heavy atom. The van der Waals surface area contributed by atoms with Gasteiger partial charge in [-0.1, -0.05) is 6.92 Å². The molecule has 2 rings (SSSR count). The van der Waals surface area contributed by atoms with Crippen LogP contribution in [0.4, 0.5) is 13.2 Å². The van der Waals surface area contributed by atoms with Gasteiger partial charge in [-0.05, 0) is 19.4 Å². The second-order valence-electron chi connectivity index (χ2n) is 5.25. The fourth-order valence-electron chi connectivity index (χ4n) is 2.49. The summed E-state index contributed by atoms with van der Waals surface area (Å²) in [6.07, 6.45) is -1.20. The van der Waals surface area contributed by atoms with Crippen LogP contribution in [0.25, 0.3) is 0 Å². The van der Waals surface area contributed by atoms with Gasteiger partial charge >= 0.3 is 6.18 Å². The molecule has 6 nitrogen and oxygen atoms in total. The summed E-state index contributed by atoms with van der Waals surface area (Å²) in [7, 11) is -3.84. The molecule has 0 spiro atoms. The Morgan fingerprint density at radius 2 is 2.17 bits per heavy atom. The maximum Gasteiger partial charge on any atom is 0.408 e. The SMILES string of the molecule is CCCN(C1CCNC1)S(=O)(=O)c1cnn(CC(F)(F)F)c1.Cl. The van der Waals surface area contributed by atoms with Crippen molar-refractivity contribution in [2.75, 3.05) is 19.6 Å². The Labute approximate surface area is 139 Å². The van der Waals surface area contributed by atoms with E-state index in [0.717, 1.165) is 18.9 Å². The second-order valence-corrected chi connectivity index (χ2v) is 7.14. The Balaban J connectivity index is 0.00000264. The zero-order chi connectivity index (χ0) is 16.4. The van der Waals surface area contributed by atoms with Crippen LogP contribution in [-0.4, -0.2) is 54.4 Å². The first-order chi connectivity index (χ1) is 10.2. The molecule has 1 aromatic heterocycles. The van der Waals surface area contributed by atoms with E-state index in [2.05, 4.69) is 10.4 Å². The smallest absolute Gasteiger partial charge is 0.315 e. The van der Waals surface area contributed by atoms with Gasteiger partial charge in [0.2, 0.25) is 10.0 Å². The van der Waals surface area contributed by atoms with Crippen LogP contribution in [0.1, 0.15) is 19.8 Å². The summed E-state index contributed by atoms with van der Waals surface area (Å²) >= 11 is 0. The summed E-state index contributed by atoms with van der Waals surface area (Å²) in [4.78, 5) is -0.197. The summed E-state index contributed by atoms with van der Waals surface area (Å²) < 4.78 is 64.3. The molecular weight excluding hydrogens is 357 g/mol. The first kappa shape index (κ1) is 20.2. The van der Waals surface area contributed by atoms with Crippen LogP contribution in [-0.2, 0) is 16.6 Å². The number of nitrogens with zero attached hydrogens (tertiary/aromatic N) is 3. The second kappa shape index (κ2) is 7.82. The van der Waals surface area contributed by atoms with Gasteiger partial charge in [-0.3, -0.25) is 4.68 Å². The van der Waals surface area contributed by atoms with Crippen LogP contribution in [0, 0.1) is 0 Å². The molecule has 1 aliphatic rings. The molecule has 134 valence electrons. The van der Waals surface area contributed by atoms with Crippen molar-refractivity contribution in [3.05, 3.63) is 12.4 Å². The Kier molecular flexibility index (Phi) is 6.87. The largest absolute Gasteiger partial charge is 0.408 e. The first-order valence-corrected chi connectivity index (χ1v) is 8.50. The summed E-state index contributed by atoms with van der Waals surface area (Å²) in [5, 5.41) is 6.61. The topological polar surface area (TPSA) is 67.2 Å². The van der Waals surface area contributed by atoms with E-state index in [1.165, 1.54) is 4.31 Å². The van der Waals surface area contributed by atoms with E-state index >= 15 is 0 Å². The highest BCUT2D eigenvalue weighted by Crippen LogP contribution is 2.23. The predicted octanol–water partition coefficient (Wildman–Crippen LogP) is 1.63. The molecule has 1 saturated heterocycles. The van der Waals surface area contributed by atoms with Crippen LogP contribution in [0.3, 0.4) is 0 Å². The van der Waals surface area contributed by atoms with Crippen molar-refractivity contribution in [1.82, 2.24) is 19.4 Å². The number of halogens is 4. The van der Waals surface area contributed by atoms with Crippen LogP contribution in [0.2, 0.25) is 0 Å².